The number of aromatic nitrogens is 1. The monoisotopic (exact) mass is 342 g/mol. The van der Waals surface area contributed by atoms with Crippen molar-refractivity contribution in [1.82, 2.24) is 15.6 Å². The minimum Gasteiger partial charge on any atom is -0.444 e. The van der Waals surface area contributed by atoms with Crippen molar-refractivity contribution in [3.8, 4) is 0 Å². The molecule has 0 amide bonds. The lowest BCUT2D eigenvalue weighted by Gasteiger charge is -2.27. The van der Waals surface area contributed by atoms with Gasteiger partial charge in [-0.3, -0.25) is 0 Å². The summed E-state index contributed by atoms with van der Waals surface area (Å²) >= 11 is 0. The van der Waals surface area contributed by atoms with Crippen LogP contribution in [0.1, 0.15) is 49.2 Å². The quantitative estimate of drug-likeness (QED) is 0.621. The van der Waals surface area contributed by atoms with Gasteiger partial charge < -0.3 is 15.1 Å². The fourth-order valence-electron chi connectivity index (χ4n) is 2.51. The zero-order valence-electron chi connectivity index (χ0n) is 16.2. The second-order valence-corrected chi connectivity index (χ2v) is 7.05. The number of nitrogens with zero attached hydrogens (tertiary/aromatic N) is 2. The van der Waals surface area contributed by atoms with Gasteiger partial charge in [0, 0.05) is 18.5 Å². The third kappa shape index (κ3) is 5.34. The van der Waals surface area contributed by atoms with Crippen LogP contribution in [0, 0.1) is 20.8 Å². The first-order valence-electron chi connectivity index (χ1n) is 8.84. The van der Waals surface area contributed by atoms with E-state index in [0.717, 1.165) is 30.5 Å². The largest absolute Gasteiger partial charge is 0.444 e. The smallest absolute Gasteiger partial charge is 0.216 e. The SMILES string of the molecule is CCNC(=NCc1nc(C)c(C)o1)NCC(C)(C)c1ccc(C)cc1. The maximum atomic E-state index is 5.60. The highest BCUT2D eigenvalue weighted by atomic mass is 16.4. The molecule has 1 aromatic carbocycles. The maximum Gasteiger partial charge on any atom is 0.216 e. The summed E-state index contributed by atoms with van der Waals surface area (Å²) < 4.78 is 5.60. The van der Waals surface area contributed by atoms with Crippen LogP contribution in [0.15, 0.2) is 33.7 Å². The van der Waals surface area contributed by atoms with Crippen molar-refractivity contribution >= 4 is 5.96 Å². The van der Waals surface area contributed by atoms with Gasteiger partial charge in [-0.05, 0) is 33.3 Å². The van der Waals surface area contributed by atoms with Crippen LogP contribution in [-0.4, -0.2) is 24.0 Å². The number of aryl methyl sites for hydroxylation is 3. The van der Waals surface area contributed by atoms with Crippen LogP contribution in [-0.2, 0) is 12.0 Å². The molecule has 0 bridgehead atoms. The predicted octanol–water partition coefficient (Wildman–Crippen LogP) is 3.63. The van der Waals surface area contributed by atoms with Crippen LogP contribution in [0.2, 0.25) is 0 Å². The Kier molecular flexibility index (Phi) is 6.23. The number of guanidine groups is 1. The minimum atomic E-state index is -0.000000367. The summed E-state index contributed by atoms with van der Waals surface area (Å²) in [6, 6.07) is 8.70. The van der Waals surface area contributed by atoms with Gasteiger partial charge in [0.15, 0.2) is 5.96 Å². The molecule has 1 aromatic heterocycles. The van der Waals surface area contributed by atoms with Crippen LogP contribution < -0.4 is 10.6 Å². The molecule has 0 aliphatic rings. The van der Waals surface area contributed by atoms with Gasteiger partial charge in [0.25, 0.3) is 0 Å². The highest BCUT2D eigenvalue weighted by molar-refractivity contribution is 5.79. The highest BCUT2D eigenvalue weighted by Gasteiger charge is 2.20. The van der Waals surface area contributed by atoms with Crippen LogP contribution in [0.25, 0.3) is 0 Å². The van der Waals surface area contributed by atoms with Crippen LogP contribution in [0.5, 0.6) is 0 Å². The van der Waals surface area contributed by atoms with Crippen molar-refractivity contribution in [1.29, 1.82) is 0 Å². The number of benzene rings is 1. The zero-order valence-corrected chi connectivity index (χ0v) is 16.2. The molecule has 2 aromatic rings. The summed E-state index contributed by atoms with van der Waals surface area (Å²) in [5, 5.41) is 6.71. The van der Waals surface area contributed by atoms with E-state index in [-0.39, 0.29) is 5.41 Å². The molecule has 0 radical (unpaired) electrons. The number of aliphatic imine (C=N–C) groups is 1. The third-order valence-corrected chi connectivity index (χ3v) is 4.32. The van der Waals surface area contributed by atoms with E-state index in [1.807, 2.05) is 13.8 Å². The Bertz CT molecular complexity index is 694. The normalized spacial score (nSPS) is 12.3. The number of hydrogen-bond acceptors (Lipinski definition) is 3. The molecule has 0 atom stereocenters. The van der Waals surface area contributed by atoms with E-state index in [1.54, 1.807) is 0 Å². The van der Waals surface area contributed by atoms with Crippen molar-refractivity contribution in [2.45, 2.75) is 53.5 Å². The molecule has 5 nitrogen and oxygen atoms in total. The molecule has 2 rings (SSSR count). The first kappa shape index (κ1) is 19.0. The first-order valence-corrected chi connectivity index (χ1v) is 8.84. The van der Waals surface area contributed by atoms with E-state index in [4.69, 9.17) is 4.42 Å². The van der Waals surface area contributed by atoms with Crippen LogP contribution >= 0.6 is 0 Å². The number of hydrogen-bond donors (Lipinski definition) is 2. The van der Waals surface area contributed by atoms with Crippen LogP contribution in [0.3, 0.4) is 0 Å². The van der Waals surface area contributed by atoms with Gasteiger partial charge in [-0.15, -0.1) is 0 Å². The average Bonchev–Trinajstić information content (AvgIpc) is 2.89. The lowest BCUT2D eigenvalue weighted by Crippen LogP contribution is -2.43. The molecule has 2 N–H and O–H groups in total. The molecule has 25 heavy (non-hydrogen) atoms. The first-order chi connectivity index (χ1) is 11.8. The number of oxazole rings is 1. The van der Waals surface area contributed by atoms with E-state index < -0.39 is 0 Å². The maximum absolute atomic E-state index is 5.60. The standard InChI is InChI=1S/C20H30N4O/c1-7-21-19(22-12-18-24-15(3)16(4)25-18)23-13-20(5,6)17-10-8-14(2)9-11-17/h8-11H,7,12-13H2,1-6H3,(H2,21,22,23). The van der Waals surface area contributed by atoms with E-state index >= 15 is 0 Å². The fraction of sp³-hybridized carbons (Fsp3) is 0.500. The second kappa shape index (κ2) is 8.19. The Labute approximate surface area is 151 Å². The van der Waals surface area contributed by atoms with E-state index in [2.05, 4.69) is 72.6 Å². The van der Waals surface area contributed by atoms with Gasteiger partial charge in [0.05, 0.1) is 5.69 Å². The van der Waals surface area contributed by atoms with E-state index in [0.29, 0.717) is 12.4 Å². The second-order valence-electron chi connectivity index (χ2n) is 7.05. The number of nitrogens with one attached hydrogen (secondary N) is 2. The molecule has 136 valence electrons. The van der Waals surface area contributed by atoms with Gasteiger partial charge >= 0.3 is 0 Å². The molecule has 5 heteroatoms. The zero-order chi connectivity index (χ0) is 18.4. The van der Waals surface area contributed by atoms with E-state index in [9.17, 15) is 0 Å². The lowest BCUT2D eigenvalue weighted by atomic mass is 9.84. The Morgan fingerprint density at radius 1 is 1.12 bits per heavy atom. The molecule has 0 aliphatic heterocycles. The van der Waals surface area contributed by atoms with Crippen molar-refractivity contribution in [3.63, 3.8) is 0 Å². The Balaban J connectivity index is 2.02. The molecular weight excluding hydrogens is 312 g/mol. The Hall–Kier alpha value is -2.30. The average molecular weight is 342 g/mol. The number of rotatable bonds is 6. The molecular formula is C20H30N4O. The topological polar surface area (TPSA) is 62.5 Å². The Morgan fingerprint density at radius 2 is 1.80 bits per heavy atom. The van der Waals surface area contributed by atoms with E-state index in [1.165, 1.54) is 11.1 Å². The van der Waals surface area contributed by atoms with Gasteiger partial charge in [0.2, 0.25) is 5.89 Å². The van der Waals surface area contributed by atoms with Gasteiger partial charge in [-0.25, -0.2) is 9.98 Å². The third-order valence-electron chi connectivity index (χ3n) is 4.32. The summed E-state index contributed by atoms with van der Waals surface area (Å²) in [6.07, 6.45) is 0. The van der Waals surface area contributed by atoms with Gasteiger partial charge in [-0.2, -0.15) is 0 Å². The summed E-state index contributed by atoms with van der Waals surface area (Å²) in [5.74, 6) is 2.27. The molecule has 1 heterocycles. The Morgan fingerprint density at radius 3 is 2.36 bits per heavy atom. The molecule has 0 unspecified atom stereocenters. The molecule has 0 fully saturated rings. The molecule has 0 saturated heterocycles. The fourth-order valence-corrected chi connectivity index (χ4v) is 2.51. The van der Waals surface area contributed by atoms with Crippen molar-refractivity contribution < 1.29 is 4.42 Å². The summed E-state index contributed by atoms with van der Waals surface area (Å²) in [6.45, 7) is 14.5. The highest BCUT2D eigenvalue weighted by Crippen LogP contribution is 2.22. The van der Waals surface area contributed by atoms with Gasteiger partial charge in [-0.1, -0.05) is 43.7 Å². The summed E-state index contributed by atoms with van der Waals surface area (Å²) in [7, 11) is 0. The van der Waals surface area contributed by atoms with Crippen molar-refractivity contribution in [2.24, 2.45) is 4.99 Å². The molecule has 0 aliphatic carbocycles. The van der Waals surface area contributed by atoms with Crippen molar-refractivity contribution in [2.75, 3.05) is 13.1 Å². The van der Waals surface area contributed by atoms with Gasteiger partial charge in [0.1, 0.15) is 12.3 Å². The van der Waals surface area contributed by atoms with Crippen molar-refractivity contribution in [3.05, 3.63) is 52.7 Å². The summed E-state index contributed by atoms with van der Waals surface area (Å²) in [4.78, 5) is 8.96. The minimum absolute atomic E-state index is 0.000000367. The summed E-state index contributed by atoms with van der Waals surface area (Å²) in [5.41, 5.74) is 3.50. The molecule has 0 saturated carbocycles. The molecule has 0 spiro atoms. The van der Waals surface area contributed by atoms with Crippen LogP contribution in [0.4, 0.5) is 0 Å². The lowest BCUT2D eigenvalue weighted by molar-refractivity contribution is 0.471. The predicted molar refractivity (Wildman–Crippen MR) is 103 cm³/mol.